The second kappa shape index (κ2) is 14.0. The van der Waals surface area contributed by atoms with Crippen LogP contribution in [0, 0.1) is 11.8 Å². The van der Waals surface area contributed by atoms with Gasteiger partial charge in [-0.1, -0.05) is 38.1 Å². The molecule has 3 N–H and O–H groups in total. The van der Waals surface area contributed by atoms with Crippen molar-refractivity contribution < 1.29 is 29.0 Å². The molecule has 0 aromatic heterocycles. The number of carbonyl (C=O) groups is 3. The lowest BCUT2D eigenvalue weighted by atomic mass is 9.92. The van der Waals surface area contributed by atoms with E-state index in [-0.39, 0.29) is 30.6 Å². The van der Waals surface area contributed by atoms with Gasteiger partial charge in [-0.3, -0.25) is 14.4 Å². The summed E-state index contributed by atoms with van der Waals surface area (Å²) in [6, 6.07) is 13.8. The Kier molecular flexibility index (Phi) is 11.1. The van der Waals surface area contributed by atoms with E-state index in [1.165, 1.54) is 0 Å². The van der Waals surface area contributed by atoms with Crippen LogP contribution in [0.4, 0.5) is 0 Å². The fourth-order valence-corrected chi connectivity index (χ4v) is 3.84. The van der Waals surface area contributed by atoms with Crippen LogP contribution < -0.4 is 20.1 Å². The second-order valence-electron chi connectivity index (χ2n) is 8.91. The highest BCUT2D eigenvalue weighted by Gasteiger charge is 2.26. The highest BCUT2D eigenvalue weighted by molar-refractivity contribution is 5.86. The average Bonchev–Trinajstić information content (AvgIpc) is 2.83. The predicted molar refractivity (Wildman–Crippen MR) is 133 cm³/mol. The molecule has 2 amide bonds. The third kappa shape index (κ3) is 9.68. The first kappa shape index (κ1) is 27.7. The molecule has 0 heterocycles. The van der Waals surface area contributed by atoms with Gasteiger partial charge in [0.25, 0.3) is 0 Å². The van der Waals surface area contributed by atoms with Gasteiger partial charge < -0.3 is 25.2 Å². The van der Waals surface area contributed by atoms with Gasteiger partial charge in [-0.2, -0.15) is 0 Å². The number of rotatable bonds is 14. The lowest BCUT2D eigenvalue weighted by Crippen LogP contribution is -2.38. The quantitative estimate of drug-likeness (QED) is 0.376. The zero-order chi connectivity index (χ0) is 25.8. The Balaban J connectivity index is 1.99. The molecule has 0 bridgehead atoms. The summed E-state index contributed by atoms with van der Waals surface area (Å²) in [5.41, 5.74) is 1.73. The number of carboxylic acids is 1. The van der Waals surface area contributed by atoms with E-state index in [2.05, 4.69) is 10.6 Å². The molecule has 0 radical (unpaired) electrons. The van der Waals surface area contributed by atoms with Crippen LogP contribution in [-0.4, -0.2) is 43.7 Å². The minimum Gasteiger partial charge on any atom is -0.497 e. The number of amides is 2. The Morgan fingerprint density at radius 1 is 0.886 bits per heavy atom. The number of carboxylic acid groups (broad SMARTS) is 1. The smallest absolute Gasteiger partial charge is 0.305 e. The maximum absolute atomic E-state index is 13.1. The summed E-state index contributed by atoms with van der Waals surface area (Å²) >= 11 is 0. The van der Waals surface area contributed by atoms with Crippen molar-refractivity contribution in [1.82, 2.24) is 10.6 Å². The van der Waals surface area contributed by atoms with Crippen molar-refractivity contribution in [1.29, 1.82) is 0 Å². The van der Waals surface area contributed by atoms with Crippen LogP contribution in [0.1, 0.15) is 50.3 Å². The van der Waals surface area contributed by atoms with Crippen LogP contribution in [0.3, 0.4) is 0 Å². The molecule has 0 fully saturated rings. The molecule has 0 aliphatic rings. The lowest BCUT2D eigenvalue weighted by Gasteiger charge is -2.23. The van der Waals surface area contributed by atoms with E-state index in [1.54, 1.807) is 38.5 Å². The third-order valence-corrected chi connectivity index (χ3v) is 5.67. The molecule has 0 spiro atoms. The van der Waals surface area contributed by atoms with Gasteiger partial charge in [-0.25, -0.2) is 0 Å². The zero-order valence-electron chi connectivity index (χ0n) is 20.9. The molecule has 2 aromatic rings. The summed E-state index contributed by atoms with van der Waals surface area (Å²) < 4.78 is 10.3. The Labute approximate surface area is 207 Å². The van der Waals surface area contributed by atoms with E-state index in [0.717, 1.165) is 11.3 Å². The highest BCUT2D eigenvalue weighted by atomic mass is 16.5. The summed E-state index contributed by atoms with van der Waals surface area (Å²) in [5, 5.41) is 15.1. The summed E-state index contributed by atoms with van der Waals surface area (Å²) in [6.07, 6.45) is 0.949. The molecule has 0 aliphatic heterocycles. The molecule has 2 rings (SSSR count). The number of methoxy groups -OCH3 is 2. The van der Waals surface area contributed by atoms with Crippen molar-refractivity contribution in [3.8, 4) is 11.5 Å². The molecule has 8 nitrogen and oxygen atoms in total. The minimum absolute atomic E-state index is 0.0367. The Hall–Kier alpha value is -3.55. The maximum Gasteiger partial charge on any atom is 0.305 e. The monoisotopic (exact) mass is 484 g/mol. The summed E-state index contributed by atoms with van der Waals surface area (Å²) in [6.45, 7) is 4.43. The van der Waals surface area contributed by atoms with Gasteiger partial charge >= 0.3 is 5.97 Å². The molecule has 35 heavy (non-hydrogen) atoms. The summed E-state index contributed by atoms with van der Waals surface area (Å²) in [5.74, 6) is -0.524. The molecular weight excluding hydrogens is 448 g/mol. The van der Waals surface area contributed by atoms with Gasteiger partial charge in [0.2, 0.25) is 11.8 Å². The predicted octanol–water partition coefficient (Wildman–Crippen LogP) is 3.75. The van der Waals surface area contributed by atoms with Gasteiger partial charge in [0.1, 0.15) is 11.5 Å². The van der Waals surface area contributed by atoms with E-state index < -0.39 is 17.9 Å². The number of ether oxygens (including phenoxy) is 2. The summed E-state index contributed by atoms with van der Waals surface area (Å²) in [7, 11) is 3.16. The van der Waals surface area contributed by atoms with Crippen molar-refractivity contribution in [3.05, 3.63) is 59.7 Å². The van der Waals surface area contributed by atoms with Crippen molar-refractivity contribution in [2.75, 3.05) is 20.8 Å². The largest absolute Gasteiger partial charge is 0.497 e. The molecule has 2 atom stereocenters. The number of benzene rings is 2. The maximum atomic E-state index is 13.1. The Bertz CT molecular complexity index is 957. The van der Waals surface area contributed by atoms with E-state index in [9.17, 15) is 19.5 Å². The number of hydrogen-bond acceptors (Lipinski definition) is 5. The summed E-state index contributed by atoms with van der Waals surface area (Å²) in [4.78, 5) is 37.2. The first-order valence-corrected chi connectivity index (χ1v) is 11.8. The van der Waals surface area contributed by atoms with Crippen molar-refractivity contribution in [3.63, 3.8) is 0 Å². The van der Waals surface area contributed by atoms with E-state index >= 15 is 0 Å². The van der Waals surface area contributed by atoms with Gasteiger partial charge in [0, 0.05) is 18.9 Å². The standard InChI is InChI=1S/C27H36N2O6/c1-18(2)15-21(16-25(30)28-14-13-19-5-9-22(34-3)10-6-19)27(33)29-24(17-26(31)32)20-7-11-23(35-4)12-8-20/h5-12,18,21,24H,13-17H2,1-4H3,(H,28,30)(H,29,33)(H,31,32)/t21?,24-/m0/s1. The van der Waals surface area contributed by atoms with Crippen LogP contribution in [0.25, 0.3) is 0 Å². The van der Waals surface area contributed by atoms with Crippen LogP contribution >= 0.6 is 0 Å². The van der Waals surface area contributed by atoms with Crippen molar-refractivity contribution >= 4 is 17.8 Å². The number of aliphatic carboxylic acids is 1. The second-order valence-corrected chi connectivity index (χ2v) is 8.91. The molecule has 0 saturated heterocycles. The normalized spacial score (nSPS) is 12.5. The SMILES string of the molecule is COc1ccc(CCNC(=O)CC(CC(C)C)C(=O)N[C@@H](CC(=O)O)c2ccc(OC)cc2)cc1. The van der Waals surface area contributed by atoms with E-state index in [1.807, 2.05) is 38.1 Å². The van der Waals surface area contributed by atoms with Crippen LogP contribution in [0.15, 0.2) is 48.5 Å². The fraction of sp³-hybridized carbons (Fsp3) is 0.444. The molecule has 190 valence electrons. The van der Waals surface area contributed by atoms with Crippen molar-refractivity contribution in [2.45, 2.75) is 45.6 Å². The van der Waals surface area contributed by atoms with Gasteiger partial charge in [-0.15, -0.1) is 0 Å². The molecule has 1 unspecified atom stereocenters. The lowest BCUT2D eigenvalue weighted by molar-refractivity contribution is -0.138. The first-order chi connectivity index (χ1) is 16.7. The van der Waals surface area contributed by atoms with Crippen LogP contribution in [0.5, 0.6) is 11.5 Å². The number of carbonyl (C=O) groups excluding carboxylic acids is 2. The molecular formula is C27H36N2O6. The third-order valence-electron chi connectivity index (χ3n) is 5.67. The Morgan fingerprint density at radius 3 is 1.97 bits per heavy atom. The van der Waals surface area contributed by atoms with Gasteiger partial charge in [0.15, 0.2) is 0 Å². The van der Waals surface area contributed by atoms with E-state index in [4.69, 9.17) is 9.47 Å². The van der Waals surface area contributed by atoms with Gasteiger partial charge in [0.05, 0.1) is 26.7 Å². The molecule has 8 heteroatoms. The fourth-order valence-electron chi connectivity index (χ4n) is 3.84. The highest BCUT2D eigenvalue weighted by Crippen LogP contribution is 2.23. The number of nitrogens with one attached hydrogen (secondary N) is 2. The minimum atomic E-state index is -1.03. The van der Waals surface area contributed by atoms with Gasteiger partial charge in [-0.05, 0) is 54.2 Å². The molecule has 0 saturated carbocycles. The molecule has 0 aliphatic carbocycles. The molecule has 2 aromatic carbocycles. The van der Waals surface area contributed by atoms with E-state index in [0.29, 0.717) is 30.7 Å². The van der Waals surface area contributed by atoms with Crippen molar-refractivity contribution in [2.24, 2.45) is 11.8 Å². The van der Waals surface area contributed by atoms with Crippen LogP contribution in [-0.2, 0) is 20.8 Å². The van der Waals surface area contributed by atoms with Crippen LogP contribution in [0.2, 0.25) is 0 Å². The number of hydrogen-bond donors (Lipinski definition) is 3. The first-order valence-electron chi connectivity index (χ1n) is 11.8. The average molecular weight is 485 g/mol. The topological polar surface area (TPSA) is 114 Å². The Morgan fingerprint density at radius 2 is 1.46 bits per heavy atom. The zero-order valence-corrected chi connectivity index (χ0v) is 20.9.